The second-order valence-corrected chi connectivity index (χ2v) is 8.74. The first-order valence-electron chi connectivity index (χ1n) is 11.0. The molecule has 6 nitrogen and oxygen atoms in total. The summed E-state index contributed by atoms with van der Waals surface area (Å²) in [6.45, 7) is 4.67. The Morgan fingerprint density at radius 3 is 2.44 bits per heavy atom. The molecule has 0 radical (unpaired) electrons. The molecule has 7 heteroatoms. The first kappa shape index (κ1) is 22.3. The van der Waals surface area contributed by atoms with E-state index < -0.39 is 0 Å². The molecule has 0 saturated carbocycles. The van der Waals surface area contributed by atoms with Gasteiger partial charge in [-0.15, -0.1) is 0 Å². The van der Waals surface area contributed by atoms with Gasteiger partial charge in [0.2, 0.25) is 0 Å². The molecule has 0 aliphatic carbocycles. The Bertz CT molecular complexity index is 1030. The Morgan fingerprint density at radius 1 is 1.03 bits per heavy atom. The SMILES string of the molecule is CCN1C(=O)/C(=C\c2ccc(N3CCCCC3)cc2OC)SC1=Nc1ccc(OC)cc1. The fraction of sp³-hybridized carbons (Fsp3) is 0.360. The fourth-order valence-electron chi connectivity index (χ4n) is 3.95. The minimum Gasteiger partial charge on any atom is -0.497 e. The summed E-state index contributed by atoms with van der Waals surface area (Å²) in [5, 5.41) is 0.679. The number of likely N-dealkylation sites (N-methyl/N-ethyl adjacent to an activating group) is 1. The number of amides is 1. The second-order valence-electron chi connectivity index (χ2n) is 7.73. The first-order chi connectivity index (χ1) is 15.6. The zero-order valence-corrected chi connectivity index (χ0v) is 19.7. The lowest BCUT2D eigenvalue weighted by Crippen LogP contribution is -2.29. The lowest BCUT2D eigenvalue weighted by Gasteiger charge is -2.29. The van der Waals surface area contributed by atoms with Gasteiger partial charge >= 0.3 is 0 Å². The number of ether oxygens (including phenoxy) is 2. The van der Waals surface area contributed by atoms with Gasteiger partial charge < -0.3 is 14.4 Å². The molecule has 0 bridgehead atoms. The Balaban J connectivity index is 1.60. The molecule has 0 N–H and O–H groups in total. The third-order valence-corrected chi connectivity index (χ3v) is 6.73. The maximum atomic E-state index is 13.0. The smallest absolute Gasteiger partial charge is 0.266 e. The zero-order valence-electron chi connectivity index (χ0n) is 18.8. The molecule has 4 rings (SSSR count). The predicted octanol–water partition coefficient (Wildman–Crippen LogP) is 5.32. The molecule has 0 aromatic heterocycles. The number of amidine groups is 1. The average molecular weight is 452 g/mol. The number of thioether (sulfide) groups is 1. The fourth-order valence-corrected chi connectivity index (χ4v) is 5.00. The number of hydrogen-bond donors (Lipinski definition) is 0. The van der Waals surface area contributed by atoms with Crippen molar-refractivity contribution in [1.29, 1.82) is 0 Å². The number of hydrogen-bond acceptors (Lipinski definition) is 6. The van der Waals surface area contributed by atoms with Gasteiger partial charge in [0.05, 0.1) is 24.8 Å². The molecule has 2 saturated heterocycles. The topological polar surface area (TPSA) is 54.4 Å². The van der Waals surface area contributed by atoms with E-state index in [-0.39, 0.29) is 5.91 Å². The number of rotatable bonds is 6. The molecule has 2 aliphatic heterocycles. The first-order valence-corrected chi connectivity index (χ1v) is 11.8. The summed E-state index contributed by atoms with van der Waals surface area (Å²) in [7, 11) is 3.31. The molecular weight excluding hydrogens is 422 g/mol. The molecule has 0 atom stereocenters. The predicted molar refractivity (Wildman–Crippen MR) is 132 cm³/mol. The van der Waals surface area contributed by atoms with E-state index in [0.717, 1.165) is 35.8 Å². The van der Waals surface area contributed by atoms with Crippen molar-refractivity contribution in [2.45, 2.75) is 26.2 Å². The van der Waals surface area contributed by atoms with Gasteiger partial charge in [-0.2, -0.15) is 0 Å². The Labute approximate surface area is 193 Å². The number of carbonyl (C=O) groups is 1. The van der Waals surface area contributed by atoms with Crippen LogP contribution in [0, 0.1) is 0 Å². The Kier molecular flexibility index (Phi) is 7.05. The molecule has 0 unspecified atom stereocenters. The minimum atomic E-state index is -0.0353. The van der Waals surface area contributed by atoms with Crippen molar-refractivity contribution in [2.24, 2.45) is 4.99 Å². The third kappa shape index (κ3) is 4.78. The molecule has 2 aromatic carbocycles. The lowest BCUT2D eigenvalue weighted by molar-refractivity contribution is -0.122. The van der Waals surface area contributed by atoms with E-state index in [1.807, 2.05) is 43.3 Å². The summed E-state index contributed by atoms with van der Waals surface area (Å²) in [5.41, 5.74) is 2.85. The van der Waals surface area contributed by atoms with E-state index in [1.165, 1.54) is 36.7 Å². The van der Waals surface area contributed by atoms with Crippen molar-refractivity contribution in [2.75, 3.05) is 38.8 Å². The van der Waals surface area contributed by atoms with Crippen LogP contribution in [0.5, 0.6) is 11.5 Å². The summed E-state index contributed by atoms with van der Waals surface area (Å²) in [4.78, 5) is 22.5. The van der Waals surface area contributed by atoms with Crippen LogP contribution in [-0.4, -0.2) is 49.8 Å². The van der Waals surface area contributed by atoms with Gasteiger partial charge in [0.1, 0.15) is 11.5 Å². The highest BCUT2D eigenvalue weighted by atomic mass is 32.2. The van der Waals surface area contributed by atoms with Crippen molar-refractivity contribution in [3.63, 3.8) is 0 Å². The standard InChI is InChI=1S/C25H29N3O3S/c1-4-28-24(29)23(32-25(28)26-19-9-12-21(30-2)13-10-19)16-18-8-11-20(17-22(18)31-3)27-14-6-5-7-15-27/h8-13,16-17H,4-7,14-15H2,1-3H3/b23-16+,26-25?. The molecule has 2 fully saturated rings. The monoisotopic (exact) mass is 451 g/mol. The highest BCUT2D eigenvalue weighted by Gasteiger charge is 2.32. The number of piperidine rings is 1. The lowest BCUT2D eigenvalue weighted by atomic mass is 10.1. The zero-order chi connectivity index (χ0) is 22.5. The van der Waals surface area contributed by atoms with Crippen molar-refractivity contribution < 1.29 is 14.3 Å². The van der Waals surface area contributed by atoms with Gasteiger partial charge in [-0.05, 0) is 80.4 Å². The number of anilines is 1. The summed E-state index contributed by atoms with van der Waals surface area (Å²) in [6.07, 6.45) is 5.65. The van der Waals surface area contributed by atoms with Crippen LogP contribution in [0.15, 0.2) is 52.4 Å². The minimum absolute atomic E-state index is 0.0353. The molecule has 168 valence electrons. The van der Waals surface area contributed by atoms with E-state index >= 15 is 0 Å². The third-order valence-electron chi connectivity index (χ3n) is 5.73. The van der Waals surface area contributed by atoms with Gasteiger partial charge in [0.15, 0.2) is 5.17 Å². The number of carbonyl (C=O) groups excluding carboxylic acids is 1. The highest BCUT2D eigenvalue weighted by molar-refractivity contribution is 8.18. The number of benzene rings is 2. The van der Waals surface area contributed by atoms with Crippen LogP contribution in [-0.2, 0) is 4.79 Å². The van der Waals surface area contributed by atoms with Crippen LogP contribution in [0.1, 0.15) is 31.7 Å². The van der Waals surface area contributed by atoms with E-state index in [4.69, 9.17) is 14.5 Å². The summed E-state index contributed by atoms with van der Waals surface area (Å²) >= 11 is 1.39. The molecule has 2 aromatic rings. The number of aliphatic imine (C=N–C) groups is 1. The van der Waals surface area contributed by atoms with Gasteiger partial charge in [-0.3, -0.25) is 9.69 Å². The van der Waals surface area contributed by atoms with Crippen molar-refractivity contribution in [3.05, 3.63) is 52.9 Å². The van der Waals surface area contributed by atoms with Gasteiger partial charge in [-0.1, -0.05) is 0 Å². The second kappa shape index (κ2) is 10.1. The van der Waals surface area contributed by atoms with Crippen LogP contribution in [0.4, 0.5) is 11.4 Å². The van der Waals surface area contributed by atoms with Crippen LogP contribution in [0.2, 0.25) is 0 Å². The van der Waals surface area contributed by atoms with Crippen molar-refractivity contribution in [3.8, 4) is 11.5 Å². The molecule has 2 heterocycles. The molecule has 1 amide bonds. The number of methoxy groups -OCH3 is 2. The van der Waals surface area contributed by atoms with Crippen LogP contribution in [0.3, 0.4) is 0 Å². The normalized spacial score (nSPS) is 19.2. The molecular formula is C25H29N3O3S. The largest absolute Gasteiger partial charge is 0.497 e. The molecule has 2 aliphatic rings. The van der Waals surface area contributed by atoms with Gasteiger partial charge in [0, 0.05) is 37.0 Å². The molecule has 32 heavy (non-hydrogen) atoms. The van der Waals surface area contributed by atoms with E-state index in [2.05, 4.69) is 17.0 Å². The maximum absolute atomic E-state index is 13.0. The van der Waals surface area contributed by atoms with E-state index in [0.29, 0.717) is 16.6 Å². The summed E-state index contributed by atoms with van der Waals surface area (Å²) in [5.74, 6) is 1.52. The van der Waals surface area contributed by atoms with Crippen molar-refractivity contribution >= 4 is 40.3 Å². The Morgan fingerprint density at radius 2 is 1.78 bits per heavy atom. The Hall–Kier alpha value is -2.93. The van der Waals surface area contributed by atoms with Crippen LogP contribution < -0.4 is 14.4 Å². The van der Waals surface area contributed by atoms with Crippen molar-refractivity contribution in [1.82, 2.24) is 4.90 Å². The summed E-state index contributed by atoms with van der Waals surface area (Å²) < 4.78 is 10.9. The number of nitrogens with zero attached hydrogens (tertiary/aromatic N) is 3. The maximum Gasteiger partial charge on any atom is 0.266 e. The van der Waals surface area contributed by atoms with Crippen LogP contribution in [0.25, 0.3) is 6.08 Å². The van der Waals surface area contributed by atoms with Crippen LogP contribution >= 0.6 is 11.8 Å². The van der Waals surface area contributed by atoms with E-state index in [9.17, 15) is 4.79 Å². The highest BCUT2D eigenvalue weighted by Crippen LogP contribution is 2.36. The quantitative estimate of drug-likeness (QED) is 0.557. The van der Waals surface area contributed by atoms with Gasteiger partial charge in [-0.25, -0.2) is 4.99 Å². The molecule has 0 spiro atoms. The average Bonchev–Trinajstić information content (AvgIpc) is 3.13. The summed E-state index contributed by atoms with van der Waals surface area (Å²) in [6, 6.07) is 13.7. The van der Waals surface area contributed by atoms with E-state index in [1.54, 1.807) is 19.1 Å². The van der Waals surface area contributed by atoms with Gasteiger partial charge in [0.25, 0.3) is 5.91 Å².